The van der Waals surface area contributed by atoms with Crippen LogP contribution < -0.4 is 0 Å². The third-order valence-corrected chi connectivity index (χ3v) is 12.6. The van der Waals surface area contributed by atoms with Crippen LogP contribution in [0.25, 0.3) is 0 Å². The molecule has 0 aliphatic rings. The van der Waals surface area contributed by atoms with E-state index in [1.54, 1.807) is 0 Å². The van der Waals surface area contributed by atoms with Crippen molar-refractivity contribution >= 4 is 11.9 Å². The van der Waals surface area contributed by atoms with Gasteiger partial charge in [0.1, 0.15) is 6.61 Å². The van der Waals surface area contributed by atoms with E-state index in [9.17, 15) is 9.59 Å². The Morgan fingerprint density at radius 3 is 1.11 bits per heavy atom. The summed E-state index contributed by atoms with van der Waals surface area (Å²) in [6, 6.07) is 0. The molecule has 0 aliphatic heterocycles. The summed E-state index contributed by atoms with van der Waals surface area (Å²) in [6.45, 7) is 7.80. The van der Waals surface area contributed by atoms with Gasteiger partial charge in [0.05, 0.1) is 6.61 Å². The van der Waals surface area contributed by atoms with Crippen molar-refractivity contribution in [3.8, 4) is 0 Å². The zero-order chi connectivity index (χ0) is 46.3. The summed E-state index contributed by atoms with van der Waals surface area (Å²) in [7, 11) is 0. The fourth-order valence-corrected chi connectivity index (χ4v) is 8.37. The average Bonchev–Trinajstić information content (AvgIpc) is 3.30. The summed E-state index contributed by atoms with van der Waals surface area (Å²) in [6.07, 6.45) is 67.4. The second-order valence-corrected chi connectivity index (χ2v) is 19.2. The summed E-state index contributed by atoms with van der Waals surface area (Å²) in [5, 5.41) is 0. The number of allylic oxidation sites excluding steroid dienone is 6. The van der Waals surface area contributed by atoms with Gasteiger partial charge in [-0.05, 0) is 70.6 Å². The monoisotopic (exact) mass is 899 g/mol. The second-order valence-electron chi connectivity index (χ2n) is 19.2. The van der Waals surface area contributed by atoms with Gasteiger partial charge in [0.15, 0.2) is 6.10 Å². The fourth-order valence-electron chi connectivity index (χ4n) is 8.37. The quantitative estimate of drug-likeness (QED) is 0.0346. The van der Waals surface area contributed by atoms with Gasteiger partial charge in [0.2, 0.25) is 0 Å². The van der Waals surface area contributed by atoms with E-state index in [2.05, 4.69) is 57.2 Å². The molecule has 0 aromatic rings. The molecular weight excluding hydrogens is 789 g/mol. The van der Waals surface area contributed by atoms with Crippen molar-refractivity contribution in [1.29, 1.82) is 0 Å². The molecule has 0 heterocycles. The zero-order valence-corrected chi connectivity index (χ0v) is 43.3. The first kappa shape index (κ1) is 62.1. The minimum Gasteiger partial charge on any atom is -0.462 e. The van der Waals surface area contributed by atoms with Crippen LogP contribution in [0.15, 0.2) is 36.5 Å². The van der Waals surface area contributed by atoms with Crippen LogP contribution in [0.3, 0.4) is 0 Å². The van der Waals surface area contributed by atoms with Crippen molar-refractivity contribution < 1.29 is 23.8 Å². The highest BCUT2D eigenvalue weighted by molar-refractivity contribution is 5.70. The van der Waals surface area contributed by atoms with Gasteiger partial charge in [-0.1, -0.05) is 256 Å². The molecule has 0 aromatic heterocycles. The smallest absolute Gasteiger partial charge is 0.306 e. The molecule has 0 fully saturated rings. The van der Waals surface area contributed by atoms with Gasteiger partial charge in [-0.2, -0.15) is 0 Å². The molecule has 64 heavy (non-hydrogen) atoms. The third-order valence-electron chi connectivity index (χ3n) is 12.6. The van der Waals surface area contributed by atoms with Gasteiger partial charge in [0.25, 0.3) is 0 Å². The van der Waals surface area contributed by atoms with Gasteiger partial charge in [-0.25, -0.2) is 0 Å². The summed E-state index contributed by atoms with van der Waals surface area (Å²) in [5.74, 6) is -0.397. The maximum absolute atomic E-state index is 12.8. The second kappa shape index (κ2) is 55.4. The van der Waals surface area contributed by atoms with Crippen LogP contribution in [0.4, 0.5) is 0 Å². The van der Waals surface area contributed by atoms with E-state index in [1.807, 2.05) is 0 Å². The highest BCUT2D eigenvalue weighted by Crippen LogP contribution is 2.16. The zero-order valence-electron chi connectivity index (χ0n) is 43.3. The Labute approximate surface area is 400 Å². The Bertz CT molecular complexity index is 1020. The highest BCUT2D eigenvalue weighted by Gasteiger charge is 2.17. The molecule has 1 unspecified atom stereocenters. The first-order valence-corrected chi connectivity index (χ1v) is 28.5. The fraction of sp³-hybridized carbons (Fsp3) is 0.864. The van der Waals surface area contributed by atoms with Gasteiger partial charge < -0.3 is 14.2 Å². The van der Waals surface area contributed by atoms with Crippen LogP contribution in [0.1, 0.15) is 303 Å². The number of esters is 2. The van der Waals surface area contributed by atoms with Crippen LogP contribution in [-0.4, -0.2) is 37.9 Å². The number of hydrogen-bond acceptors (Lipinski definition) is 5. The van der Waals surface area contributed by atoms with Crippen LogP contribution in [-0.2, 0) is 23.8 Å². The molecule has 5 nitrogen and oxygen atoms in total. The van der Waals surface area contributed by atoms with Crippen molar-refractivity contribution in [2.75, 3.05) is 19.8 Å². The number of carbonyl (C=O) groups excluding carboxylic acids is 2. The van der Waals surface area contributed by atoms with Gasteiger partial charge in [0, 0.05) is 19.4 Å². The SMILES string of the molecule is CCC/C=C\C/C=C\CCCCCCCC(=O)OC(COCCCCCCCCCCCC/C=C\CCCCCCCC)COC(=O)CCCCCCCCCCCCCCCCC. The van der Waals surface area contributed by atoms with E-state index in [0.29, 0.717) is 19.4 Å². The maximum Gasteiger partial charge on any atom is 0.306 e. The minimum atomic E-state index is -0.540. The molecule has 0 N–H and O–H groups in total. The Balaban J connectivity index is 4.20. The summed E-state index contributed by atoms with van der Waals surface area (Å²) in [5.41, 5.74) is 0. The number of hydrogen-bond donors (Lipinski definition) is 0. The molecule has 1 atom stereocenters. The average molecular weight is 900 g/mol. The molecule has 0 spiro atoms. The Hall–Kier alpha value is -1.88. The molecule has 376 valence electrons. The maximum atomic E-state index is 12.8. The van der Waals surface area contributed by atoms with Crippen molar-refractivity contribution in [3.05, 3.63) is 36.5 Å². The summed E-state index contributed by atoms with van der Waals surface area (Å²) < 4.78 is 17.5. The van der Waals surface area contributed by atoms with E-state index in [-0.39, 0.29) is 25.2 Å². The predicted molar refractivity (Wildman–Crippen MR) is 279 cm³/mol. The van der Waals surface area contributed by atoms with Crippen LogP contribution >= 0.6 is 0 Å². The summed E-state index contributed by atoms with van der Waals surface area (Å²) >= 11 is 0. The highest BCUT2D eigenvalue weighted by atomic mass is 16.6. The Morgan fingerprint density at radius 1 is 0.344 bits per heavy atom. The van der Waals surface area contributed by atoms with E-state index >= 15 is 0 Å². The van der Waals surface area contributed by atoms with Crippen molar-refractivity contribution in [2.24, 2.45) is 0 Å². The van der Waals surface area contributed by atoms with Crippen LogP contribution in [0.5, 0.6) is 0 Å². The molecule has 0 aliphatic carbocycles. The minimum absolute atomic E-state index is 0.0845. The first-order chi connectivity index (χ1) is 31.6. The standard InChI is InChI=1S/C59H110O5/c1-4-7-10-13-16-19-22-25-27-28-29-30-31-33-36-39-42-45-48-51-54-62-55-57(64-59(61)53-50-47-44-41-38-34-24-21-18-15-12-9-6-3)56-63-58(60)52-49-46-43-40-37-35-32-26-23-20-17-14-11-8-5-2/h12,15,21,24-25,27,57H,4-11,13-14,16-20,22-23,26,28-56H2,1-3H3/b15-12-,24-21-,27-25-. The Morgan fingerprint density at radius 2 is 0.688 bits per heavy atom. The van der Waals surface area contributed by atoms with E-state index in [0.717, 1.165) is 57.8 Å². The number of unbranched alkanes of at least 4 members (excludes halogenated alkanes) is 36. The molecule has 0 saturated carbocycles. The molecule has 5 heteroatoms. The molecule has 0 amide bonds. The van der Waals surface area contributed by atoms with Crippen molar-refractivity contribution in [1.82, 2.24) is 0 Å². The third kappa shape index (κ3) is 52.7. The summed E-state index contributed by atoms with van der Waals surface area (Å²) in [4.78, 5) is 25.5. The molecular formula is C59H110O5. The lowest BCUT2D eigenvalue weighted by atomic mass is 10.0. The normalized spacial score (nSPS) is 12.4. The number of carbonyl (C=O) groups is 2. The Kier molecular flexibility index (Phi) is 53.8. The van der Waals surface area contributed by atoms with E-state index < -0.39 is 6.10 Å². The largest absolute Gasteiger partial charge is 0.462 e. The number of rotatable bonds is 53. The first-order valence-electron chi connectivity index (χ1n) is 28.5. The lowest BCUT2D eigenvalue weighted by Gasteiger charge is -2.18. The van der Waals surface area contributed by atoms with E-state index in [1.165, 1.54) is 212 Å². The predicted octanol–water partition coefficient (Wildman–Crippen LogP) is 19.4. The lowest BCUT2D eigenvalue weighted by molar-refractivity contribution is -0.163. The van der Waals surface area contributed by atoms with Crippen LogP contribution in [0.2, 0.25) is 0 Å². The van der Waals surface area contributed by atoms with Crippen molar-refractivity contribution in [3.63, 3.8) is 0 Å². The van der Waals surface area contributed by atoms with E-state index in [4.69, 9.17) is 14.2 Å². The van der Waals surface area contributed by atoms with Gasteiger partial charge >= 0.3 is 11.9 Å². The van der Waals surface area contributed by atoms with Gasteiger partial charge in [-0.3, -0.25) is 9.59 Å². The van der Waals surface area contributed by atoms with Crippen molar-refractivity contribution in [2.45, 2.75) is 309 Å². The van der Waals surface area contributed by atoms with Crippen LogP contribution in [0, 0.1) is 0 Å². The molecule has 0 bridgehead atoms. The molecule has 0 radical (unpaired) electrons. The number of ether oxygens (including phenoxy) is 3. The molecule has 0 rings (SSSR count). The lowest BCUT2D eigenvalue weighted by Crippen LogP contribution is -2.30. The topological polar surface area (TPSA) is 61.8 Å². The molecule has 0 saturated heterocycles. The molecule has 0 aromatic carbocycles. The van der Waals surface area contributed by atoms with Gasteiger partial charge in [-0.15, -0.1) is 0 Å².